The van der Waals surface area contributed by atoms with Crippen LogP contribution < -0.4 is 14.8 Å². The molecule has 0 spiro atoms. The molecule has 0 atom stereocenters. The number of nitrogens with one attached hydrogen (secondary N) is 1. The zero-order valence-corrected chi connectivity index (χ0v) is 12.8. The first-order valence-electron chi connectivity index (χ1n) is 6.04. The van der Waals surface area contributed by atoms with Gasteiger partial charge in [0.1, 0.15) is 11.5 Å². The second-order valence-electron chi connectivity index (χ2n) is 4.16. The zero-order valence-electron chi connectivity index (χ0n) is 11.2. The van der Waals surface area contributed by atoms with Gasteiger partial charge < -0.3 is 14.8 Å². The van der Waals surface area contributed by atoms with E-state index in [-0.39, 0.29) is 0 Å². The molecule has 106 valence electrons. The topological polar surface area (TPSA) is 30.5 Å². The maximum absolute atomic E-state index is 5.98. The molecule has 0 heterocycles. The van der Waals surface area contributed by atoms with Gasteiger partial charge in [-0.05, 0) is 30.3 Å². The Morgan fingerprint density at radius 1 is 0.950 bits per heavy atom. The van der Waals surface area contributed by atoms with Crippen LogP contribution >= 0.6 is 23.2 Å². The molecule has 1 N–H and O–H groups in total. The summed E-state index contributed by atoms with van der Waals surface area (Å²) < 4.78 is 10.5. The van der Waals surface area contributed by atoms with Crippen LogP contribution in [0.25, 0.3) is 0 Å². The predicted molar refractivity (Wildman–Crippen MR) is 83.3 cm³/mol. The van der Waals surface area contributed by atoms with E-state index in [0.29, 0.717) is 16.6 Å². The van der Waals surface area contributed by atoms with Gasteiger partial charge >= 0.3 is 0 Å². The van der Waals surface area contributed by atoms with Crippen molar-refractivity contribution in [2.45, 2.75) is 6.54 Å². The molecule has 20 heavy (non-hydrogen) atoms. The van der Waals surface area contributed by atoms with Crippen molar-refractivity contribution in [3.63, 3.8) is 0 Å². The lowest BCUT2D eigenvalue weighted by molar-refractivity contribution is 0.391. The largest absolute Gasteiger partial charge is 0.497 e. The molecule has 0 fully saturated rings. The fraction of sp³-hybridized carbons (Fsp3) is 0.200. The Kier molecular flexibility index (Phi) is 4.99. The van der Waals surface area contributed by atoms with Gasteiger partial charge in [0.2, 0.25) is 0 Å². The number of halogens is 2. The molecule has 0 aliphatic rings. The Hall–Kier alpha value is -1.58. The van der Waals surface area contributed by atoms with Crippen LogP contribution in [0.1, 0.15) is 5.56 Å². The van der Waals surface area contributed by atoms with Crippen molar-refractivity contribution in [2.75, 3.05) is 19.5 Å². The number of rotatable bonds is 5. The summed E-state index contributed by atoms with van der Waals surface area (Å²) in [6, 6.07) is 11.1. The summed E-state index contributed by atoms with van der Waals surface area (Å²) in [7, 11) is 3.26. The molecule has 0 aliphatic heterocycles. The molecule has 0 aromatic heterocycles. The first-order chi connectivity index (χ1) is 9.63. The summed E-state index contributed by atoms with van der Waals surface area (Å²) in [6.07, 6.45) is 0. The van der Waals surface area contributed by atoms with E-state index in [4.69, 9.17) is 32.7 Å². The minimum absolute atomic E-state index is 0.526. The second-order valence-corrected chi connectivity index (χ2v) is 4.97. The van der Waals surface area contributed by atoms with Crippen LogP contribution in [-0.2, 0) is 6.54 Å². The lowest BCUT2D eigenvalue weighted by atomic mass is 10.2. The van der Waals surface area contributed by atoms with Crippen molar-refractivity contribution in [1.82, 2.24) is 0 Å². The number of methoxy groups -OCH3 is 2. The highest BCUT2D eigenvalue weighted by Gasteiger charge is 2.05. The van der Waals surface area contributed by atoms with E-state index in [1.54, 1.807) is 26.4 Å². The van der Waals surface area contributed by atoms with Crippen LogP contribution in [0.15, 0.2) is 36.4 Å². The van der Waals surface area contributed by atoms with Crippen LogP contribution in [-0.4, -0.2) is 14.2 Å². The molecule has 2 rings (SSSR count). The molecule has 0 saturated carbocycles. The predicted octanol–water partition coefficient (Wildman–Crippen LogP) is 4.62. The molecule has 5 heteroatoms. The fourth-order valence-corrected chi connectivity index (χ4v) is 2.10. The third-order valence-electron chi connectivity index (χ3n) is 2.90. The number of hydrogen-bond donors (Lipinski definition) is 1. The van der Waals surface area contributed by atoms with Crippen molar-refractivity contribution in [3.8, 4) is 11.5 Å². The van der Waals surface area contributed by atoms with Crippen molar-refractivity contribution in [1.29, 1.82) is 0 Å². The first-order valence-corrected chi connectivity index (χ1v) is 6.79. The molecule has 2 aromatic rings. The van der Waals surface area contributed by atoms with Gasteiger partial charge in [-0.15, -0.1) is 0 Å². The maximum Gasteiger partial charge on any atom is 0.127 e. The molecule has 0 amide bonds. The molecule has 0 aliphatic carbocycles. The van der Waals surface area contributed by atoms with E-state index < -0.39 is 0 Å². The van der Waals surface area contributed by atoms with Gasteiger partial charge in [-0.1, -0.05) is 23.2 Å². The number of hydrogen-bond acceptors (Lipinski definition) is 3. The van der Waals surface area contributed by atoms with Gasteiger partial charge in [0.25, 0.3) is 0 Å². The van der Waals surface area contributed by atoms with Crippen molar-refractivity contribution in [3.05, 3.63) is 52.0 Å². The highest BCUT2D eigenvalue weighted by Crippen LogP contribution is 2.27. The summed E-state index contributed by atoms with van der Waals surface area (Å²) >= 11 is 11.9. The van der Waals surface area contributed by atoms with E-state index in [1.807, 2.05) is 24.3 Å². The lowest BCUT2D eigenvalue weighted by Crippen LogP contribution is -2.02. The molecule has 0 bridgehead atoms. The average Bonchev–Trinajstić information content (AvgIpc) is 2.48. The van der Waals surface area contributed by atoms with Crippen LogP contribution in [0.3, 0.4) is 0 Å². The molecule has 2 aromatic carbocycles. The Morgan fingerprint density at radius 3 is 2.40 bits per heavy atom. The van der Waals surface area contributed by atoms with Crippen LogP contribution in [0, 0.1) is 0 Å². The molecular formula is C15H15Cl2NO2. The van der Waals surface area contributed by atoms with Gasteiger partial charge in [-0.2, -0.15) is 0 Å². The molecule has 0 saturated heterocycles. The third-order valence-corrected chi connectivity index (χ3v) is 3.64. The van der Waals surface area contributed by atoms with E-state index in [9.17, 15) is 0 Å². The lowest BCUT2D eigenvalue weighted by Gasteiger charge is -2.12. The number of ether oxygens (including phenoxy) is 2. The summed E-state index contributed by atoms with van der Waals surface area (Å²) in [5, 5.41) is 4.34. The molecule has 3 nitrogen and oxygen atoms in total. The quantitative estimate of drug-likeness (QED) is 0.873. The standard InChI is InChI=1S/C15H15Cl2NO2/c1-19-12-5-3-10(15(8-12)20-2)9-18-11-4-6-13(16)14(17)7-11/h3-8,18H,9H2,1-2H3. The average molecular weight is 312 g/mol. The SMILES string of the molecule is COc1ccc(CNc2ccc(Cl)c(Cl)c2)c(OC)c1. The summed E-state index contributed by atoms with van der Waals surface area (Å²) in [5.74, 6) is 1.54. The molecular weight excluding hydrogens is 297 g/mol. The van der Waals surface area contributed by atoms with Gasteiger partial charge in [-0.3, -0.25) is 0 Å². The minimum atomic E-state index is 0.526. The number of anilines is 1. The monoisotopic (exact) mass is 311 g/mol. The molecule has 0 radical (unpaired) electrons. The Balaban J connectivity index is 2.12. The van der Waals surface area contributed by atoms with Crippen LogP contribution in [0.4, 0.5) is 5.69 Å². The fourth-order valence-electron chi connectivity index (χ4n) is 1.80. The summed E-state index contributed by atoms with van der Waals surface area (Å²) in [5.41, 5.74) is 1.93. The number of benzene rings is 2. The van der Waals surface area contributed by atoms with Crippen molar-refractivity contribution < 1.29 is 9.47 Å². The van der Waals surface area contributed by atoms with Crippen LogP contribution in [0.2, 0.25) is 10.0 Å². The van der Waals surface area contributed by atoms with Crippen LogP contribution in [0.5, 0.6) is 11.5 Å². The van der Waals surface area contributed by atoms with Gasteiger partial charge in [0, 0.05) is 23.9 Å². The second kappa shape index (κ2) is 6.73. The van der Waals surface area contributed by atoms with Gasteiger partial charge in [0.15, 0.2) is 0 Å². The highest BCUT2D eigenvalue weighted by atomic mass is 35.5. The Bertz CT molecular complexity index is 602. The Labute approximate surface area is 128 Å². The van der Waals surface area contributed by atoms with E-state index in [1.165, 1.54) is 0 Å². The normalized spacial score (nSPS) is 10.2. The summed E-state index contributed by atoms with van der Waals surface area (Å²) in [4.78, 5) is 0. The Morgan fingerprint density at radius 2 is 1.75 bits per heavy atom. The molecule has 0 unspecified atom stereocenters. The van der Waals surface area contributed by atoms with Gasteiger partial charge in [-0.25, -0.2) is 0 Å². The minimum Gasteiger partial charge on any atom is -0.497 e. The van der Waals surface area contributed by atoms with E-state index in [0.717, 1.165) is 22.7 Å². The van der Waals surface area contributed by atoms with E-state index in [2.05, 4.69) is 5.32 Å². The van der Waals surface area contributed by atoms with Gasteiger partial charge in [0.05, 0.1) is 24.3 Å². The highest BCUT2D eigenvalue weighted by molar-refractivity contribution is 6.42. The van der Waals surface area contributed by atoms with Crippen molar-refractivity contribution in [2.24, 2.45) is 0 Å². The maximum atomic E-state index is 5.98. The smallest absolute Gasteiger partial charge is 0.127 e. The van der Waals surface area contributed by atoms with Crippen molar-refractivity contribution >= 4 is 28.9 Å². The van der Waals surface area contributed by atoms with E-state index >= 15 is 0 Å². The zero-order chi connectivity index (χ0) is 14.5. The summed E-state index contributed by atoms with van der Waals surface area (Å²) in [6.45, 7) is 0.616. The third kappa shape index (κ3) is 3.50. The first kappa shape index (κ1) is 14.8.